The molecule has 2 nitrogen and oxygen atoms in total. The van der Waals surface area contributed by atoms with Crippen molar-refractivity contribution >= 4 is 10.9 Å². The molecule has 0 aliphatic heterocycles. The Labute approximate surface area is 138 Å². The summed E-state index contributed by atoms with van der Waals surface area (Å²) in [5.74, 6) is 1.45. The zero-order valence-corrected chi connectivity index (χ0v) is 14.0. The SMILES string of the molecule is CCC(C)c1ccc(COc2cccc3ccc(C)nc23)cc1. The molecule has 0 spiro atoms. The number of ether oxygens (including phenoxy) is 1. The molecule has 0 fully saturated rings. The van der Waals surface area contributed by atoms with Gasteiger partial charge < -0.3 is 4.74 Å². The van der Waals surface area contributed by atoms with E-state index in [4.69, 9.17) is 4.74 Å². The van der Waals surface area contributed by atoms with Gasteiger partial charge in [0.15, 0.2) is 0 Å². The van der Waals surface area contributed by atoms with Gasteiger partial charge in [-0.3, -0.25) is 0 Å². The van der Waals surface area contributed by atoms with Crippen LogP contribution in [0.2, 0.25) is 0 Å². The highest BCUT2D eigenvalue weighted by molar-refractivity contribution is 5.84. The van der Waals surface area contributed by atoms with Crippen LogP contribution in [-0.2, 0) is 6.61 Å². The Hall–Kier alpha value is -2.35. The lowest BCUT2D eigenvalue weighted by Crippen LogP contribution is -1.98. The monoisotopic (exact) mass is 305 g/mol. The second kappa shape index (κ2) is 6.82. The van der Waals surface area contributed by atoms with Crippen molar-refractivity contribution in [2.45, 2.75) is 39.7 Å². The van der Waals surface area contributed by atoms with Crippen LogP contribution >= 0.6 is 0 Å². The molecule has 0 amide bonds. The molecule has 0 radical (unpaired) electrons. The summed E-state index contributed by atoms with van der Waals surface area (Å²) in [6, 6.07) is 18.9. The molecule has 0 N–H and O–H groups in total. The van der Waals surface area contributed by atoms with Crippen molar-refractivity contribution in [3.8, 4) is 5.75 Å². The molecule has 1 unspecified atom stereocenters. The topological polar surface area (TPSA) is 22.1 Å². The third-order valence-corrected chi connectivity index (χ3v) is 4.38. The van der Waals surface area contributed by atoms with Gasteiger partial charge in [0.2, 0.25) is 0 Å². The molecule has 2 aromatic carbocycles. The third-order valence-electron chi connectivity index (χ3n) is 4.38. The maximum absolute atomic E-state index is 6.02. The average Bonchev–Trinajstić information content (AvgIpc) is 2.59. The van der Waals surface area contributed by atoms with E-state index in [0.717, 1.165) is 28.8 Å². The van der Waals surface area contributed by atoms with E-state index in [2.05, 4.69) is 55.2 Å². The molecule has 0 saturated heterocycles. The Morgan fingerprint density at radius 3 is 2.52 bits per heavy atom. The predicted octanol–water partition coefficient (Wildman–Crippen LogP) is 5.64. The molecule has 118 valence electrons. The predicted molar refractivity (Wildman–Crippen MR) is 96.0 cm³/mol. The van der Waals surface area contributed by atoms with Crippen molar-refractivity contribution in [3.63, 3.8) is 0 Å². The molecule has 1 atom stereocenters. The minimum Gasteiger partial charge on any atom is -0.487 e. The number of hydrogen-bond donors (Lipinski definition) is 0. The van der Waals surface area contributed by atoms with E-state index in [1.54, 1.807) is 0 Å². The number of aromatic nitrogens is 1. The van der Waals surface area contributed by atoms with Crippen LogP contribution in [-0.4, -0.2) is 4.98 Å². The van der Waals surface area contributed by atoms with Gasteiger partial charge in [-0.05, 0) is 42.5 Å². The maximum atomic E-state index is 6.02. The minimum atomic E-state index is 0.565. The van der Waals surface area contributed by atoms with Gasteiger partial charge in [0.05, 0.1) is 0 Å². The van der Waals surface area contributed by atoms with E-state index in [1.165, 1.54) is 11.1 Å². The Bertz CT molecular complexity index is 793. The molecule has 3 rings (SSSR count). The summed E-state index contributed by atoms with van der Waals surface area (Å²) in [4.78, 5) is 4.61. The van der Waals surface area contributed by atoms with Gasteiger partial charge in [0.25, 0.3) is 0 Å². The van der Waals surface area contributed by atoms with Crippen LogP contribution in [0, 0.1) is 6.92 Å². The molecule has 0 saturated carbocycles. The molecule has 2 heteroatoms. The second-order valence-electron chi connectivity index (χ2n) is 6.12. The van der Waals surface area contributed by atoms with E-state index in [0.29, 0.717) is 12.5 Å². The third kappa shape index (κ3) is 3.53. The highest BCUT2D eigenvalue weighted by Gasteiger charge is 2.06. The molecule has 3 aromatic rings. The average molecular weight is 305 g/mol. The number of benzene rings is 2. The van der Waals surface area contributed by atoms with Crippen LogP contribution in [0.15, 0.2) is 54.6 Å². The van der Waals surface area contributed by atoms with Crippen LogP contribution in [0.3, 0.4) is 0 Å². The van der Waals surface area contributed by atoms with Crippen molar-refractivity contribution in [1.29, 1.82) is 0 Å². The van der Waals surface area contributed by atoms with Gasteiger partial charge in [-0.2, -0.15) is 0 Å². The van der Waals surface area contributed by atoms with Crippen molar-refractivity contribution in [2.24, 2.45) is 0 Å². The first-order valence-corrected chi connectivity index (χ1v) is 8.25. The summed E-state index contributed by atoms with van der Waals surface area (Å²) in [5, 5.41) is 1.11. The van der Waals surface area contributed by atoms with Gasteiger partial charge in [0.1, 0.15) is 17.9 Å². The fourth-order valence-corrected chi connectivity index (χ4v) is 2.67. The first-order valence-electron chi connectivity index (χ1n) is 8.25. The van der Waals surface area contributed by atoms with Crippen molar-refractivity contribution in [1.82, 2.24) is 4.98 Å². The van der Waals surface area contributed by atoms with Gasteiger partial charge in [-0.25, -0.2) is 4.98 Å². The lowest BCUT2D eigenvalue weighted by Gasteiger charge is -2.11. The molecule has 0 aliphatic carbocycles. The first kappa shape index (κ1) is 15.5. The largest absolute Gasteiger partial charge is 0.487 e. The highest BCUT2D eigenvalue weighted by atomic mass is 16.5. The highest BCUT2D eigenvalue weighted by Crippen LogP contribution is 2.25. The van der Waals surface area contributed by atoms with Crippen LogP contribution in [0.5, 0.6) is 5.75 Å². The first-order chi connectivity index (χ1) is 11.2. The normalized spacial score (nSPS) is 12.3. The number of fused-ring (bicyclic) bond motifs is 1. The Morgan fingerprint density at radius 2 is 1.78 bits per heavy atom. The van der Waals surface area contributed by atoms with Gasteiger partial charge >= 0.3 is 0 Å². The molecule has 1 aromatic heterocycles. The number of hydrogen-bond acceptors (Lipinski definition) is 2. The zero-order valence-electron chi connectivity index (χ0n) is 14.0. The zero-order chi connectivity index (χ0) is 16.2. The lowest BCUT2D eigenvalue weighted by atomic mass is 9.98. The van der Waals surface area contributed by atoms with Crippen molar-refractivity contribution < 1.29 is 4.74 Å². The number of nitrogens with zero attached hydrogens (tertiary/aromatic N) is 1. The van der Waals surface area contributed by atoms with Crippen LogP contribution in [0.4, 0.5) is 0 Å². The van der Waals surface area contributed by atoms with Crippen LogP contribution in [0.1, 0.15) is 43.0 Å². The van der Waals surface area contributed by atoms with E-state index < -0.39 is 0 Å². The second-order valence-corrected chi connectivity index (χ2v) is 6.12. The Balaban J connectivity index is 1.77. The number of rotatable bonds is 5. The molecular formula is C21H23NO. The van der Waals surface area contributed by atoms with E-state index in [9.17, 15) is 0 Å². The van der Waals surface area contributed by atoms with Crippen molar-refractivity contribution in [2.75, 3.05) is 0 Å². The number of aryl methyl sites for hydroxylation is 1. The quantitative estimate of drug-likeness (QED) is 0.609. The summed E-state index contributed by atoms with van der Waals surface area (Å²) in [6.07, 6.45) is 1.16. The smallest absolute Gasteiger partial charge is 0.146 e. The standard InChI is InChI=1S/C21H23NO/c1-4-15(2)18-12-9-17(10-13-18)14-23-20-7-5-6-19-11-8-16(3)22-21(19)20/h5-13,15H,4,14H2,1-3H3. The number of para-hydroxylation sites is 1. The van der Waals surface area contributed by atoms with Crippen LogP contribution < -0.4 is 4.74 Å². The van der Waals surface area contributed by atoms with Gasteiger partial charge in [-0.15, -0.1) is 0 Å². The summed E-state index contributed by atoms with van der Waals surface area (Å²) < 4.78 is 6.02. The summed E-state index contributed by atoms with van der Waals surface area (Å²) in [6.45, 7) is 7.05. The molecule has 1 heterocycles. The van der Waals surface area contributed by atoms with Gasteiger partial charge in [-0.1, -0.05) is 56.3 Å². The number of pyridine rings is 1. The maximum Gasteiger partial charge on any atom is 0.146 e. The summed E-state index contributed by atoms with van der Waals surface area (Å²) in [7, 11) is 0. The molecule has 0 aliphatic rings. The van der Waals surface area contributed by atoms with Gasteiger partial charge in [0, 0.05) is 11.1 Å². The van der Waals surface area contributed by atoms with Crippen LogP contribution in [0.25, 0.3) is 10.9 Å². The molecule has 23 heavy (non-hydrogen) atoms. The Morgan fingerprint density at radius 1 is 1.00 bits per heavy atom. The minimum absolute atomic E-state index is 0.565. The summed E-state index contributed by atoms with van der Waals surface area (Å²) in [5.41, 5.74) is 4.51. The van der Waals surface area contributed by atoms with Crippen molar-refractivity contribution in [3.05, 3.63) is 71.4 Å². The van der Waals surface area contributed by atoms with E-state index >= 15 is 0 Å². The lowest BCUT2D eigenvalue weighted by molar-refractivity contribution is 0.309. The fraction of sp³-hybridized carbons (Fsp3) is 0.286. The van der Waals surface area contributed by atoms with E-state index in [1.807, 2.05) is 25.1 Å². The summed E-state index contributed by atoms with van der Waals surface area (Å²) >= 11 is 0. The molecule has 0 bridgehead atoms. The van der Waals surface area contributed by atoms with E-state index in [-0.39, 0.29) is 0 Å². The Kier molecular flexibility index (Phi) is 4.61. The fourth-order valence-electron chi connectivity index (χ4n) is 2.67. The molecular weight excluding hydrogens is 282 g/mol.